The SMILES string of the molecule is CNCC1CCCc2nnc(C3CC3)n21. The fourth-order valence-electron chi connectivity index (χ4n) is 2.58. The van der Waals surface area contributed by atoms with E-state index in [-0.39, 0.29) is 0 Å². The van der Waals surface area contributed by atoms with Gasteiger partial charge in [0.15, 0.2) is 0 Å². The van der Waals surface area contributed by atoms with E-state index in [1.165, 1.54) is 37.3 Å². The van der Waals surface area contributed by atoms with E-state index in [2.05, 4.69) is 20.1 Å². The molecule has 0 saturated heterocycles. The molecule has 1 aromatic rings. The highest BCUT2D eigenvalue weighted by Gasteiger charge is 2.33. The number of hydrogen-bond donors (Lipinski definition) is 1. The molecule has 1 aromatic heterocycles. The first kappa shape index (κ1) is 9.33. The van der Waals surface area contributed by atoms with Crippen molar-refractivity contribution in [3.8, 4) is 0 Å². The largest absolute Gasteiger partial charge is 0.318 e. The van der Waals surface area contributed by atoms with Crippen molar-refractivity contribution in [2.24, 2.45) is 0 Å². The number of hydrogen-bond acceptors (Lipinski definition) is 3. The Balaban J connectivity index is 1.95. The van der Waals surface area contributed by atoms with Crippen LogP contribution in [-0.4, -0.2) is 28.4 Å². The predicted molar refractivity (Wildman–Crippen MR) is 57.9 cm³/mol. The van der Waals surface area contributed by atoms with Gasteiger partial charge in [0, 0.05) is 24.9 Å². The maximum atomic E-state index is 4.38. The number of aromatic nitrogens is 3. The van der Waals surface area contributed by atoms with Gasteiger partial charge in [0.25, 0.3) is 0 Å². The maximum absolute atomic E-state index is 4.38. The minimum absolute atomic E-state index is 0.587. The molecule has 0 radical (unpaired) electrons. The number of rotatable bonds is 3. The Morgan fingerprint density at radius 3 is 2.93 bits per heavy atom. The van der Waals surface area contributed by atoms with E-state index in [4.69, 9.17) is 0 Å². The molecule has 2 heterocycles. The summed E-state index contributed by atoms with van der Waals surface area (Å²) >= 11 is 0. The molecule has 1 saturated carbocycles. The van der Waals surface area contributed by atoms with Gasteiger partial charge in [-0.05, 0) is 32.7 Å². The van der Waals surface area contributed by atoms with Crippen molar-refractivity contribution in [2.75, 3.05) is 13.6 Å². The van der Waals surface area contributed by atoms with Crippen molar-refractivity contribution in [1.29, 1.82) is 0 Å². The summed E-state index contributed by atoms with van der Waals surface area (Å²) in [5.74, 6) is 3.18. The molecular formula is C11H18N4. The zero-order chi connectivity index (χ0) is 10.3. The maximum Gasteiger partial charge on any atom is 0.136 e. The highest BCUT2D eigenvalue weighted by atomic mass is 15.3. The van der Waals surface area contributed by atoms with Gasteiger partial charge in [-0.25, -0.2) is 0 Å². The third kappa shape index (κ3) is 1.57. The van der Waals surface area contributed by atoms with Crippen LogP contribution in [0.15, 0.2) is 0 Å². The van der Waals surface area contributed by atoms with E-state index >= 15 is 0 Å². The molecule has 82 valence electrons. The average Bonchev–Trinajstić information content (AvgIpc) is 3.00. The van der Waals surface area contributed by atoms with Crippen LogP contribution in [0.2, 0.25) is 0 Å². The van der Waals surface area contributed by atoms with Crippen LogP contribution in [-0.2, 0) is 6.42 Å². The van der Waals surface area contributed by atoms with Crippen LogP contribution in [0.1, 0.15) is 49.3 Å². The van der Waals surface area contributed by atoms with Crippen molar-refractivity contribution in [3.63, 3.8) is 0 Å². The zero-order valence-corrected chi connectivity index (χ0v) is 9.24. The van der Waals surface area contributed by atoms with Crippen LogP contribution >= 0.6 is 0 Å². The first-order valence-electron chi connectivity index (χ1n) is 5.98. The zero-order valence-electron chi connectivity index (χ0n) is 9.24. The predicted octanol–water partition coefficient (Wildman–Crippen LogP) is 1.25. The third-order valence-electron chi connectivity index (χ3n) is 3.48. The van der Waals surface area contributed by atoms with E-state index in [1.807, 2.05) is 7.05 Å². The Hall–Kier alpha value is -0.900. The lowest BCUT2D eigenvalue weighted by molar-refractivity contribution is 0.376. The fraction of sp³-hybridized carbons (Fsp3) is 0.818. The van der Waals surface area contributed by atoms with Gasteiger partial charge in [-0.15, -0.1) is 10.2 Å². The molecule has 1 aliphatic heterocycles. The van der Waals surface area contributed by atoms with Crippen LogP contribution in [0.4, 0.5) is 0 Å². The minimum Gasteiger partial charge on any atom is -0.318 e. The van der Waals surface area contributed by atoms with E-state index in [0.717, 1.165) is 13.0 Å². The first-order valence-corrected chi connectivity index (χ1v) is 5.98. The van der Waals surface area contributed by atoms with E-state index < -0.39 is 0 Å². The van der Waals surface area contributed by atoms with E-state index in [0.29, 0.717) is 12.0 Å². The number of likely N-dealkylation sites (N-methyl/N-ethyl adjacent to an activating group) is 1. The normalized spacial score (nSPS) is 25.3. The third-order valence-corrected chi connectivity index (χ3v) is 3.48. The lowest BCUT2D eigenvalue weighted by Crippen LogP contribution is -2.28. The van der Waals surface area contributed by atoms with Gasteiger partial charge in [-0.2, -0.15) is 0 Å². The smallest absolute Gasteiger partial charge is 0.136 e. The number of nitrogens with one attached hydrogen (secondary N) is 1. The van der Waals surface area contributed by atoms with Crippen molar-refractivity contribution < 1.29 is 0 Å². The molecule has 1 aliphatic carbocycles. The van der Waals surface area contributed by atoms with Gasteiger partial charge in [0.2, 0.25) is 0 Å². The van der Waals surface area contributed by atoms with Gasteiger partial charge in [0.1, 0.15) is 11.6 Å². The standard InChI is InChI=1S/C11H18N4/c1-12-7-9-3-2-4-10-13-14-11(15(9)10)8-5-6-8/h8-9,12H,2-7H2,1H3. The summed E-state index contributed by atoms with van der Waals surface area (Å²) in [5, 5.41) is 12.0. The molecule has 0 aromatic carbocycles. The van der Waals surface area contributed by atoms with E-state index in [1.54, 1.807) is 0 Å². The highest BCUT2D eigenvalue weighted by Crippen LogP contribution is 2.41. The second-order valence-electron chi connectivity index (χ2n) is 4.72. The van der Waals surface area contributed by atoms with Gasteiger partial charge >= 0.3 is 0 Å². The molecule has 0 bridgehead atoms. The number of nitrogens with zero attached hydrogens (tertiary/aromatic N) is 3. The van der Waals surface area contributed by atoms with E-state index in [9.17, 15) is 0 Å². The topological polar surface area (TPSA) is 42.7 Å². The summed E-state index contributed by atoms with van der Waals surface area (Å²) in [4.78, 5) is 0. The Kier molecular flexibility index (Phi) is 2.24. The van der Waals surface area contributed by atoms with Gasteiger partial charge in [0.05, 0.1) is 0 Å². The molecule has 1 atom stereocenters. The lowest BCUT2D eigenvalue weighted by Gasteiger charge is -2.25. The lowest BCUT2D eigenvalue weighted by atomic mass is 10.0. The van der Waals surface area contributed by atoms with Gasteiger partial charge in [-0.3, -0.25) is 0 Å². The summed E-state index contributed by atoms with van der Waals surface area (Å²) in [7, 11) is 2.02. The molecule has 3 rings (SSSR count). The van der Waals surface area contributed by atoms with Crippen molar-refractivity contribution in [3.05, 3.63) is 11.6 Å². The van der Waals surface area contributed by atoms with Gasteiger partial charge in [-0.1, -0.05) is 0 Å². The molecular weight excluding hydrogens is 188 g/mol. The molecule has 1 fully saturated rings. The van der Waals surface area contributed by atoms with Crippen LogP contribution in [0.3, 0.4) is 0 Å². The molecule has 4 nitrogen and oxygen atoms in total. The minimum atomic E-state index is 0.587. The average molecular weight is 206 g/mol. The summed E-state index contributed by atoms with van der Waals surface area (Å²) in [5.41, 5.74) is 0. The number of aryl methyl sites for hydroxylation is 1. The van der Waals surface area contributed by atoms with Crippen molar-refractivity contribution in [2.45, 2.75) is 44.1 Å². The molecule has 0 spiro atoms. The molecule has 0 amide bonds. The highest BCUT2D eigenvalue weighted by molar-refractivity contribution is 5.11. The van der Waals surface area contributed by atoms with Crippen molar-refractivity contribution >= 4 is 0 Å². The molecule has 1 unspecified atom stereocenters. The summed E-state index contributed by atoms with van der Waals surface area (Å²) in [6, 6.07) is 0.587. The Morgan fingerprint density at radius 2 is 2.20 bits per heavy atom. The summed E-state index contributed by atoms with van der Waals surface area (Å²) < 4.78 is 2.41. The van der Waals surface area contributed by atoms with Crippen LogP contribution in [0, 0.1) is 0 Å². The molecule has 2 aliphatic rings. The van der Waals surface area contributed by atoms with Crippen molar-refractivity contribution in [1.82, 2.24) is 20.1 Å². The molecule has 15 heavy (non-hydrogen) atoms. The van der Waals surface area contributed by atoms with Crippen LogP contribution < -0.4 is 5.32 Å². The fourth-order valence-corrected chi connectivity index (χ4v) is 2.58. The molecule has 1 N–H and O–H groups in total. The number of fused-ring (bicyclic) bond motifs is 1. The second kappa shape index (κ2) is 3.59. The molecule has 4 heteroatoms. The summed E-state index contributed by atoms with van der Waals surface area (Å²) in [6.07, 6.45) is 6.26. The summed E-state index contributed by atoms with van der Waals surface area (Å²) in [6.45, 7) is 1.05. The first-order chi connectivity index (χ1) is 7.40. The Labute approximate surface area is 90.1 Å². The Bertz CT molecular complexity index is 353. The van der Waals surface area contributed by atoms with Crippen LogP contribution in [0.25, 0.3) is 0 Å². The Morgan fingerprint density at radius 1 is 1.33 bits per heavy atom. The quantitative estimate of drug-likeness (QED) is 0.809. The van der Waals surface area contributed by atoms with Crippen LogP contribution in [0.5, 0.6) is 0 Å². The van der Waals surface area contributed by atoms with Gasteiger partial charge < -0.3 is 9.88 Å². The second-order valence-corrected chi connectivity index (χ2v) is 4.72. The monoisotopic (exact) mass is 206 g/mol.